The summed E-state index contributed by atoms with van der Waals surface area (Å²) in [6, 6.07) is -0.870. The van der Waals surface area contributed by atoms with Gasteiger partial charge in [0.1, 0.15) is 11.7 Å². The SMILES string of the molecule is CCCn1nc(C)c([N+](=O)[O-])c1N(C)C(C)C(=O)O. The fourth-order valence-electron chi connectivity index (χ4n) is 1.84. The van der Waals surface area contributed by atoms with Gasteiger partial charge in [0.05, 0.1) is 4.92 Å². The minimum atomic E-state index is -1.04. The van der Waals surface area contributed by atoms with Gasteiger partial charge >= 0.3 is 11.7 Å². The van der Waals surface area contributed by atoms with Gasteiger partial charge in [0, 0.05) is 13.6 Å². The van der Waals surface area contributed by atoms with Gasteiger partial charge < -0.3 is 10.0 Å². The van der Waals surface area contributed by atoms with Crippen molar-refractivity contribution in [2.45, 2.75) is 39.8 Å². The third-order valence-corrected chi connectivity index (χ3v) is 2.96. The summed E-state index contributed by atoms with van der Waals surface area (Å²) in [6.45, 7) is 5.45. The second-order valence-corrected chi connectivity index (χ2v) is 4.36. The molecule has 0 saturated heterocycles. The Bertz CT molecular complexity index is 497. The molecule has 0 aliphatic rings. The zero-order valence-corrected chi connectivity index (χ0v) is 11.5. The summed E-state index contributed by atoms with van der Waals surface area (Å²) in [5.41, 5.74) is 0.155. The fourth-order valence-corrected chi connectivity index (χ4v) is 1.84. The lowest BCUT2D eigenvalue weighted by atomic mass is 10.2. The number of aryl methyl sites for hydroxylation is 2. The lowest BCUT2D eigenvalue weighted by molar-refractivity contribution is -0.384. The Morgan fingerprint density at radius 3 is 2.63 bits per heavy atom. The number of likely N-dealkylation sites (N-methyl/N-ethyl adjacent to an activating group) is 1. The average Bonchev–Trinajstić information content (AvgIpc) is 2.64. The normalized spacial score (nSPS) is 12.2. The minimum Gasteiger partial charge on any atom is -0.480 e. The summed E-state index contributed by atoms with van der Waals surface area (Å²) in [5, 5.41) is 24.3. The Hall–Kier alpha value is -2.12. The number of aromatic nitrogens is 2. The maximum absolute atomic E-state index is 11.1. The predicted octanol–water partition coefficient (Wildman–Crippen LogP) is 1.42. The molecule has 0 bridgehead atoms. The molecule has 1 N–H and O–H groups in total. The van der Waals surface area contributed by atoms with Crippen molar-refractivity contribution in [1.82, 2.24) is 9.78 Å². The van der Waals surface area contributed by atoms with E-state index in [0.717, 1.165) is 6.42 Å². The molecule has 0 aromatic carbocycles. The fraction of sp³-hybridized carbons (Fsp3) is 0.636. The number of carboxylic acid groups (broad SMARTS) is 1. The standard InChI is InChI=1S/C11H18N4O4/c1-5-6-14-10(13(4)8(3)11(16)17)9(15(18)19)7(2)12-14/h8H,5-6H2,1-4H3,(H,16,17). The number of nitrogens with zero attached hydrogens (tertiary/aromatic N) is 4. The molecule has 0 aliphatic heterocycles. The predicted molar refractivity (Wildman–Crippen MR) is 69.4 cm³/mol. The number of hydrogen-bond acceptors (Lipinski definition) is 5. The topological polar surface area (TPSA) is 101 Å². The molecule has 1 aromatic heterocycles. The van der Waals surface area contributed by atoms with E-state index in [9.17, 15) is 14.9 Å². The van der Waals surface area contributed by atoms with E-state index in [1.54, 1.807) is 6.92 Å². The first kappa shape index (κ1) is 14.9. The van der Waals surface area contributed by atoms with E-state index in [0.29, 0.717) is 6.54 Å². The molecule has 1 aromatic rings. The summed E-state index contributed by atoms with van der Waals surface area (Å²) in [6.07, 6.45) is 0.751. The molecule has 1 unspecified atom stereocenters. The Labute approximate surface area is 110 Å². The van der Waals surface area contributed by atoms with Gasteiger partial charge in [-0.1, -0.05) is 6.92 Å². The summed E-state index contributed by atoms with van der Waals surface area (Å²) < 4.78 is 1.49. The summed E-state index contributed by atoms with van der Waals surface area (Å²) >= 11 is 0. The monoisotopic (exact) mass is 270 g/mol. The van der Waals surface area contributed by atoms with Gasteiger partial charge in [0.15, 0.2) is 0 Å². The molecule has 0 spiro atoms. The number of carboxylic acids is 1. The van der Waals surface area contributed by atoms with Crippen LogP contribution in [0.25, 0.3) is 0 Å². The van der Waals surface area contributed by atoms with E-state index in [4.69, 9.17) is 5.11 Å². The summed E-state index contributed by atoms with van der Waals surface area (Å²) in [5.74, 6) is -0.807. The van der Waals surface area contributed by atoms with Crippen molar-refractivity contribution in [3.63, 3.8) is 0 Å². The second-order valence-electron chi connectivity index (χ2n) is 4.36. The van der Waals surface area contributed by atoms with Crippen molar-refractivity contribution in [2.24, 2.45) is 0 Å². The highest BCUT2D eigenvalue weighted by Gasteiger charge is 2.31. The van der Waals surface area contributed by atoms with Crippen LogP contribution in [0.15, 0.2) is 0 Å². The first-order chi connectivity index (χ1) is 8.81. The molecule has 1 rings (SSSR count). The first-order valence-electron chi connectivity index (χ1n) is 5.98. The maximum Gasteiger partial charge on any atom is 0.333 e. The number of nitro groups is 1. The largest absolute Gasteiger partial charge is 0.480 e. The van der Waals surface area contributed by atoms with Crippen LogP contribution in [0.1, 0.15) is 26.0 Å². The van der Waals surface area contributed by atoms with Crippen LogP contribution in [0.2, 0.25) is 0 Å². The van der Waals surface area contributed by atoms with Gasteiger partial charge in [-0.15, -0.1) is 0 Å². The number of aliphatic carboxylic acids is 1. The molecule has 8 heteroatoms. The number of hydrogen-bond donors (Lipinski definition) is 1. The highest BCUT2D eigenvalue weighted by atomic mass is 16.6. The number of rotatable bonds is 6. The van der Waals surface area contributed by atoms with E-state index in [1.807, 2.05) is 6.92 Å². The zero-order valence-electron chi connectivity index (χ0n) is 11.5. The molecule has 0 radical (unpaired) electrons. The van der Waals surface area contributed by atoms with E-state index in [1.165, 1.54) is 23.6 Å². The maximum atomic E-state index is 11.1. The van der Waals surface area contributed by atoms with E-state index >= 15 is 0 Å². The molecular formula is C11H18N4O4. The van der Waals surface area contributed by atoms with Crippen LogP contribution in [0.3, 0.4) is 0 Å². The average molecular weight is 270 g/mol. The third kappa shape index (κ3) is 2.83. The number of carbonyl (C=O) groups is 1. The summed E-state index contributed by atoms with van der Waals surface area (Å²) in [4.78, 5) is 23.0. The molecule has 106 valence electrons. The van der Waals surface area contributed by atoms with Gasteiger partial charge in [-0.3, -0.25) is 10.1 Å². The molecule has 0 fully saturated rings. The Morgan fingerprint density at radius 2 is 2.21 bits per heavy atom. The van der Waals surface area contributed by atoms with Crippen molar-refractivity contribution in [3.05, 3.63) is 15.8 Å². The molecular weight excluding hydrogens is 252 g/mol. The van der Waals surface area contributed by atoms with Crippen LogP contribution in [0, 0.1) is 17.0 Å². The van der Waals surface area contributed by atoms with E-state index in [2.05, 4.69) is 5.10 Å². The van der Waals surface area contributed by atoms with Crippen molar-refractivity contribution in [1.29, 1.82) is 0 Å². The van der Waals surface area contributed by atoms with Crippen LogP contribution < -0.4 is 4.90 Å². The van der Waals surface area contributed by atoms with Crippen molar-refractivity contribution in [2.75, 3.05) is 11.9 Å². The lowest BCUT2D eigenvalue weighted by Gasteiger charge is -2.23. The quantitative estimate of drug-likeness (QED) is 0.619. The van der Waals surface area contributed by atoms with Crippen LogP contribution in [0.5, 0.6) is 0 Å². The van der Waals surface area contributed by atoms with Gasteiger partial charge in [-0.05, 0) is 20.3 Å². The van der Waals surface area contributed by atoms with Gasteiger partial charge in [0.25, 0.3) is 0 Å². The van der Waals surface area contributed by atoms with Crippen LogP contribution in [-0.4, -0.2) is 38.9 Å². The zero-order chi connectivity index (χ0) is 14.7. The lowest BCUT2D eigenvalue weighted by Crippen LogP contribution is -2.37. The van der Waals surface area contributed by atoms with Crippen molar-refractivity contribution in [3.8, 4) is 0 Å². The number of anilines is 1. The van der Waals surface area contributed by atoms with Crippen molar-refractivity contribution >= 4 is 17.5 Å². The van der Waals surface area contributed by atoms with Gasteiger partial charge in [-0.2, -0.15) is 5.10 Å². The van der Waals surface area contributed by atoms with E-state index < -0.39 is 16.9 Å². The smallest absolute Gasteiger partial charge is 0.333 e. The highest BCUT2D eigenvalue weighted by molar-refractivity contribution is 5.78. The van der Waals surface area contributed by atoms with Crippen LogP contribution >= 0.6 is 0 Å². The molecule has 1 heterocycles. The van der Waals surface area contributed by atoms with Gasteiger partial charge in [0.2, 0.25) is 5.82 Å². The highest BCUT2D eigenvalue weighted by Crippen LogP contribution is 2.32. The summed E-state index contributed by atoms with van der Waals surface area (Å²) in [7, 11) is 1.52. The van der Waals surface area contributed by atoms with Crippen LogP contribution in [-0.2, 0) is 11.3 Å². The molecule has 0 saturated carbocycles. The second kappa shape index (κ2) is 5.68. The van der Waals surface area contributed by atoms with Gasteiger partial charge in [-0.25, -0.2) is 9.48 Å². The molecule has 0 aliphatic carbocycles. The molecule has 1 atom stereocenters. The molecule has 19 heavy (non-hydrogen) atoms. The molecule has 8 nitrogen and oxygen atoms in total. The Balaban J connectivity index is 3.36. The van der Waals surface area contributed by atoms with Crippen LogP contribution in [0.4, 0.5) is 11.5 Å². The van der Waals surface area contributed by atoms with E-state index in [-0.39, 0.29) is 17.2 Å². The van der Waals surface area contributed by atoms with Crippen molar-refractivity contribution < 1.29 is 14.8 Å². The molecule has 0 amide bonds. The third-order valence-electron chi connectivity index (χ3n) is 2.96. The Kier molecular flexibility index (Phi) is 4.47. The Morgan fingerprint density at radius 1 is 1.63 bits per heavy atom. The minimum absolute atomic E-state index is 0.135. The first-order valence-corrected chi connectivity index (χ1v) is 5.98.